The summed E-state index contributed by atoms with van der Waals surface area (Å²) in [7, 11) is 0. The zero-order valence-corrected chi connectivity index (χ0v) is 18.3. The van der Waals surface area contributed by atoms with Crippen LogP contribution in [0.5, 0.6) is 5.75 Å². The molecule has 4 aromatic rings. The number of aromatic nitrogens is 2. The SMILES string of the molecule is CCOc1cc(-c2cc(NCCc3cc4ccccc4cc3Cl)ncn2)sc1C(=O)O. The van der Waals surface area contributed by atoms with Gasteiger partial charge in [0, 0.05) is 23.7 Å². The number of hydrogen-bond acceptors (Lipinski definition) is 6. The molecule has 2 aromatic heterocycles. The number of nitrogens with zero attached hydrogens (tertiary/aromatic N) is 2. The van der Waals surface area contributed by atoms with Crippen LogP contribution in [-0.2, 0) is 6.42 Å². The third-order valence-corrected chi connectivity index (χ3v) is 6.21. The lowest BCUT2D eigenvalue weighted by Gasteiger charge is -2.09. The first-order valence-corrected chi connectivity index (χ1v) is 11.0. The molecule has 0 saturated carbocycles. The maximum atomic E-state index is 11.5. The van der Waals surface area contributed by atoms with Gasteiger partial charge in [0.05, 0.1) is 17.2 Å². The average Bonchev–Trinajstić information content (AvgIpc) is 3.19. The Bertz CT molecular complexity index is 1240. The lowest BCUT2D eigenvalue weighted by Crippen LogP contribution is -2.07. The number of carbonyl (C=O) groups is 1. The molecule has 0 aliphatic heterocycles. The average molecular weight is 454 g/mol. The zero-order chi connectivity index (χ0) is 21.8. The van der Waals surface area contributed by atoms with Crippen molar-refractivity contribution in [3.8, 4) is 16.3 Å². The minimum atomic E-state index is -1.01. The number of aromatic carboxylic acids is 1. The van der Waals surface area contributed by atoms with Crippen LogP contribution >= 0.6 is 22.9 Å². The third-order valence-electron chi connectivity index (χ3n) is 4.73. The number of carboxylic acids is 1. The van der Waals surface area contributed by atoms with Crippen LogP contribution in [0.2, 0.25) is 5.02 Å². The lowest BCUT2D eigenvalue weighted by molar-refractivity contribution is 0.0698. The van der Waals surface area contributed by atoms with E-state index in [-0.39, 0.29) is 4.88 Å². The quantitative estimate of drug-likeness (QED) is 0.352. The summed E-state index contributed by atoms with van der Waals surface area (Å²) in [6.45, 7) is 2.85. The molecule has 4 rings (SSSR count). The molecule has 6 nitrogen and oxygen atoms in total. The fourth-order valence-electron chi connectivity index (χ4n) is 3.28. The number of ether oxygens (including phenoxy) is 1. The summed E-state index contributed by atoms with van der Waals surface area (Å²) in [6, 6.07) is 15.7. The molecule has 31 heavy (non-hydrogen) atoms. The van der Waals surface area contributed by atoms with E-state index in [9.17, 15) is 9.90 Å². The Labute approximate surface area is 188 Å². The summed E-state index contributed by atoms with van der Waals surface area (Å²) in [5.41, 5.74) is 1.70. The molecule has 0 atom stereocenters. The van der Waals surface area contributed by atoms with Crippen LogP contribution in [0.3, 0.4) is 0 Å². The minimum Gasteiger partial charge on any atom is -0.492 e. The normalized spacial score (nSPS) is 10.9. The van der Waals surface area contributed by atoms with Crippen LogP contribution in [0.15, 0.2) is 54.9 Å². The molecule has 2 N–H and O–H groups in total. The largest absolute Gasteiger partial charge is 0.492 e. The Balaban J connectivity index is 1.48. The monoisotopic (exact) mass is 453 g/mol. The van der Waals surface area contributed by atoms with Gasteiger partial charge in [-0.05, 0) is 41.8 Å². The topological polar surface area (TPSA) is 84.3 Å². The van der Waals surface area contributed by atoms with Gasteiger partial charge in [-0.15, -0.1) is 11.3 Å². The van der Waals surface area contributed by atoms with Crippen LogP contribution in [0.4, 0.5) is 5.82 Å². The van der Waals surface area contributed by atoms with Gasteiger partial charge in [0.25, 0.3) is 0 Å². The summed E-state index contributed by atoms with van der Waals surface area (Å²) in [4.78, 5) is 20.9. The van der Waals surface area contributed by atoms with Gasteiger partial charge < -0.3 is 15.2 Å². The Hall–Kier alpha value is -3.16. The van der Waals surface area contributed by atoms with E-state index in [1.807, 2.05) is 31.2 Å². The molecule has 0 saturated heterocycles. The molecule has 0 unspecified atom stereocenters. The number of thiophene rings is 1. The molecule has 0 amide bonds. The second-order valence-corrected chi connectivity index (χ2v) is 8.26. The van der Waals surface area contributed by atoms with Gasteiger partial charge >= 0.3 is 5.97 Å². The van der Waals surface area contributed by atoms with E-state index in [0.29, 0.717) is 35.3 Å². The predicted molar refractivity (Wildman–Crippen MR) is 125 cm³/mol. The molecule has 0 fully saturated rings. The van der Waals surface area contributed by atoms with E-state index in [1.165, 1.54) is 6.33 Å². The highest BCUT2D eigenvalue weighted by molar-refractivity contribution is 7.17. The van der Waals surface area contributed by atoms with Crippen molar-refractivity contribution in [1.29, 1.82) is 0 Å². The number of anilines is 1. The van der Waals surface area contributed by atoms with Crippen molar-refractivity contribution < 1.29 is 14.6 Å². The van der Waals surface area contributed by atoms with Crippen molar-refractivity contribution in [2.45, 2.75) is 13.3 Å². The van der Waals surface area contributed by atoms with Crippen molar-refractivity contribution in [3.05, 3.63) is 70.3 Å². The molecule has 0 bridgehead atoms. The first-order chi connectivity index (χ1) is 15.0. The fourth-order valence-corrected chi connectivity index (χ4v) is 4.45. The van der Waals surface area contributed by atoms with Gasteiger partial charge in [-0.2, -0.15) is 0 Å². The summed E-state index contributed by atoms with van der Waals surface area (Å²) in [5.74, 6) is -0.00131. The fraction of sp³-hybridized carbons (Fsp3) is 0.174. The van der Waals surface area contributed by atoms with Gasteiger partial charge in [0.2, 0.25) is 0 Å². The van der Waals surface area contributed by atoms with Crippen molar-refractivity contribution in [2.24, 2.45) is 0 Å². The van der Waals surface area contributed by atoms with Crippen LogP contribution in [0, 0.1) is 0 Å². The van der Waals surface area contributed by atoms with E-state index in [2.05, 4.69) is 27.4 Å². The first kappa shape index (κ1) is 21.1. The molecule has 158 valence electrons. The molecule has 2 aromatic carbocycles. The van der Waals surface area contributed by atoms with Gasteiger partial charge in [0.15, 0.2) is 4.88 Å². The number of nitrogens with one attached hydrogen (secondary N) is 1. The van der Waals surface area contributed by atoms with Gasteiger partial charge in [0.1, 0.15) is 17.9 Å². The van der Waals surface area contributed by atoms with E-state index < -0.39 is 5.97 Å². The molecule has 0 aliphatic rings. The van der Waals surface area contributed by atoms with Crippen LogP contribution < -0.4 is 10.1 Å². The highest BCUT2D eigenvalue weighted by atomic mass is 35.5. The van der Waals surface area contributed by atoms with Crippen molar-refractivity contribution in [1.82, 2.24) is 9.97 Å². The molecule has 2 heterocycles. The molecule has 0 aliphatic carbocycles. The smallest absolute Gasteiger partial charge is 0.349 e. The Morgan fingerprint density at radius 2 is 1.94 bits per heavy atom. The Kier molecular flexibility index (Phi) is 6.34. The zero-order valence-electron chi connectivity index (χ0n) is 16.8. The number of benzene rings is 2. The summed E-state index contributed by atoms with van der Waals surface area (Å²) in [5, 5.41) is 15.7. The van der Waals surface area contributed by atoms with Gasteiger partial charge in [-0.25, -0.2) is 14.8 Å². The number of hydrogen-bond donors (Lipinski definition) is 2. The molecular formula is C23H20ClN3O3S. The van der Waals surface area contributed by atoms with Crippen molar-refractivity contribution >= 4 is 45.5 Å². The maximum absolute atomic E-state index is 11.5. The van der Waals surface area contributed by atoms with Crippen LogP contribution in [-0.4, -0.2) is 34.2 Å². The summed E-state index contributed by atoms with van der Waals surface area (Å²) >= 11 is 7.58. The highest BCUT2D eigenvalue weighted by Crippen LogP contribution is 2.36. The second-order valence-electron chi connectivity index (χ2n) is 6.80. The lowest BCUT2D eigenvalue weighted by atomic mass is 10.0. The number of rotatable bonds is 8. The van der Waals surface area contributed by atoms with E-state index in [4.69, 9.17) is 16.3 Å². The molecule has 0 radical (unpaired) electrons. The first-order valence-electron chi connectivity index (χ1n) is 9.78. The molecule has 8 heteroatoms. The second kappa shape index (κ2) is 9.32. The summed E-state index contributed by atoms with van der Waals surface area (Å²) in [6.07, 6.45) is 2.20. The van der Waals surface area contributed by atoms with E-state index >= 15 is 0 Å². The minimum absolute atomic E-state index is 0.163. The van der Waals surface area contributed by atoms with Gasteiger partial charge in [-0.1, -0.05) is 35.9 Å². The number of fused-ring (bicyclic) bond motifs is 1. The number of halogens is 1. The van der Waals surface area contributed by atoms with Crippen LogP contribution in [0.1, 0.15) is 22.2 Å². The van der Waals surface area contributed by atoms with E-state index in [0.717, 1.165) is 39.1 Å². The maximum Gasteiger partial charge on any atom is 0.349 e. The Morgan fingerprint density at radius 3 is 2.68 bits per heavy atom. The summed E-state index contributed by atoms with van der Waals surface area (Å²) < 4.78 is 5.44. The predicted octanol–water partition coefficient (Wildman–Crippen LogP) is 5.76. The highest BCUT2D eigenvalue weighted by Gasteiger charge is 2.18. The Morgan fingerprint density at radius 1 is 1.16 bits per heavy atom. The molecule has 0 spiro atoms. The van der Waals surface area contributed by atoms with E-state index in [1.54, 1.807) is 12.1 Å². The molecular weight excluding hydrogens is 434 g/mol. The third kappa shape index (κ3) is 4.78. The van der Waals surface area contributed by atoms with Crippen molar-refractivity contribution in [2.75, 3.05) is 18.5 Å². The standard InChI is InChI=1S/C23H20ClN3O3S/c1-2-30-19-12-20(31-22(19)23(28)29)18-11-21(27-13-26-18)25-8-7-16-9-14-5-3-4-6-15(14)10-17(16)24/h3-6,9-13H,2,7-8H2,1H3,(H,28,29)(H,25,26,27). The number of carboxylic acid groups (broad SMARTS) is 1. The van der Waals surface area contributed by atoms with Crippen molar-refractivity contribution in [3.63, 3.8) is 0 Å². The van der Waals surface area contributed by atoms with Crippen LogP contribution in [0.25, 0.3) is 21.3 Å². The van der Waals surface area contributed by atoms with Gasteiger partial charge in [-0.3, -0.25) is 0 Å².